The summed E-state index contributed by atoms with van der Waals surface area (Å²) in [6.07, 6.45) is -6.13. The Labute approximate surface area is 253 Å². The van der Waals surface area contributed by atoms with Crippen LogP contribution in [-0.4, -0.2) is 76.1 Å². The molecule has 2 aliphatic rings. The fourth-order valence-corrected chi connectivity index (χ4v) is 5.47. The standard InChI is InChI=1S/C28H34N10O6/c1-17(38(15-18-8-4-2-5-9-18)28(41)42-16-19-10-6-3-7-11-19)23-13-12-20(32-35-29)27(43-23)44-26-22(34-37-31)14-21(33-36-30)24(39)25(26)40/h2-11,17,20-27,39-40H,12-16H2,1H3/t17-,20+,21+,22-,23-,24-,25+,26+,27+/m0/s1. The molecule has 16 heteroatoms. The van der Waals surface area contributed by atoms with Crippen LogP contribution in [0.15, 0.2) is 76.0 Å². The Morgan fingerprint density at radius 3 is 2.14 bits per heavy atom. The summed E-state index contributed by atoms with van der Waals surface area (Å²) < 4.78 is 18.0. The summed E-state index contributed by atoms with van der Waals surface area (Å²) in [5.41, 5.74) is 28.9. The predicted molar refractivity (Wildman–Crippen MR) is 156 cm³/mol. The van der Waals surface area contributed by atoms with Crippen molar-refractivity contribution in [2.45, 2.75) is 94.2 Å². The first-order chi connectivity index (χ1) is 21.4. The van der Waals surface area contributed by atoms with Crippen molar-refractivity contribution in [1.29, 1.82) is 0 Å². The smallest absolute Gasteiger partial charge is 0.410 e. The first-order valence-corrected chi connectivity index (χ1v) is 14.2. The van der Waals surface area contributed by atoms with Crippen molar-refractivity contribution in [3.8, 4) is 0 Å². The fourth-order valence-electron chi connectivity index (χ4n) is 5.47. The first-order valence-electron chi connectivity index (χ1n) is 14.2. The minimum absolute atomic E-state index is 0.0768. The highest BCUT2D eigenvalue weighted by atomic mass is 16.7. The molecule has 1 aliphatic heterocycles. The molecule has 0 unspecified atom stereocenters. The number of rotatable bonds is 11. The highest BCUT2D eigenvalue weighted by Crippen LogP contribution is 2.34. The number of aliphatic hydroxyl groups excluding tert-OH is 2. The van der Waals surface area contributed by atoms with E-state index in [1.807, 2.05) is 67.6 Å². The molecule has 1 saturated carbocycles. The molecule has 2 aromatic rings. The molecular weight excluding hydrogens is 572 g/mol. The summed E-state index contributed by atoms with van der Waals surface area (Å²) in [6, 6.07) is 15.3. The number of carbonyl (C=O) groups excluding carboxylic acids is 1. The van der Waals surface area contributed by atoms with E-state index in [9.17, 15) is 20.5 Å². The van der Waals surface area contributed by atoms with Crippen LogP contribution in [0.2, 0.25) is 0 Å². The van der Waals surface area contributed by atoms with Crippen LogP contribution in [0, 0.1) is 0 Å². The first kappa shape index (κ1) is 32.4. The third-order valence-corrected chi connectivity index (χ3v) is 7.87. The van der Waals surface area contributed by atoms with Crippen molar-refractivity contribution in [3.63, 3.8) is 0 Å². The Kier molecular flexibility index (Phi) is 11.6. The summed E-state index contributed by atoms with van der Waals surface area (Å²) in [6.45, 7) is 2.12. The van der Waals surface area contributed by atoms with Crippen molar-refractivity contribution < 1.29 is 29.2 Å². The van der Waals surface area contributed by atoms with Crippen molar-refractivity contribution in [2.75, 3.05) is 0 Å². The van der Waals surface area contributed by atoms with E-state index in [2.05, 4.69) is 30.1 Å². The van der Waals surface area contributed by atoms with Gasteiger partial charge in [0.2, 0.25) is 0 Å². The highest BCUT2D eigenvalue weighted by molar-refractivity contribution is 5.68. The lowest BCUT2D eigenvalue weighted by molar-refractivity contribution is -0.259. The van der Waals surface area contributed by atoms with Crippen molar-refractivity contribution in [1.82, 2.24) is 4.90 Å². The normalized spacial score (nSPS) is 28.7. The number of amides is 1. The van der Waals surface area contributed by atoms with Gasteiger partial charge in [0.1, 0.15) is 12.7 Å². The average Bonchev–Trinajstić information content (AvgIpc) is 3.04. The number of hydrogen-bond acceptors (Lipinski definition) is 9. The van der Waals surface area contributed by atoms with Crippen LogP contribution in [0.5, 0.6) is 0 Å². The van der Waals surface area contributed by atoms with Crippen molar-refractivity contribution >= 4 is 6.09 Å². The van der Waals surface area contributed by atoms with Gasteiger partial charge in [-0.2, -0.15) is 0 Å². The van der Waals surface area contributed by atoms with E-state index < -0.39 is 61.0 Å². The molecule has 0 spiro atoms. The maximum absolute atomic E-state index is 13.5. The minimum Gasteiger partial charge on any atom is -0.445 e. The van der Waals surface area contributed by atoms with Gasteiger partial charge in [0, 0.05) is 21.3 Å². The quantitative estimate of drug-likeness (QED) is 0.196. The van der Waals surface area contributed by atoms with Crippen LogP contribution < -0.4 is 0 Å². The number of benzene rings is 2. The molecule has 1 aliphatic carbocycles. The Morgan fingerprint density at radius 2 is 1.50 bits per heavy atom. The number of azide groups is 3. The second-order valence-corrected chi connectivity index (χ2v) is 10.6. The summed E-state index contributed by atoms with van der Waals surface area (Å²) in [4.78, 5) is 23.4. The molecule has 1 saturated heterocycles. The van der Waals surface area contributed by atoms with Gasteiger partial charge in [-0.15, -0.1) is 0 Å². The highest BCUT2D eigenvalue weighted by Gasteiger charge is 2.47. The summed E-state index contributed by atoms with van der Waals surface area (Å²) >= 11 is 0. The van der Waals surface area contributed by atoms with Gasteiger partial charge in [0.15, 0.2) is 6.29 Å². The molecule has 2 N–H and O–H groups in total. The number of ether oxygens (including phenoxy) is 3. The summed E-state index contributed by atoms with van der Waals surface area (Å²) in [5.74, 6) is 0. The zero-order valence-corrected chi connectivity index (χ0v) is 24.0. The molecule has 2 aromatic carbocycles. The second-order valence-electron chi connectivity index (χ2n) is 10.6. The number of hydrogen-bond donors (Lipinski definition) is 2. The Hall–Kier alpha value is -4.52. The third-order valence-electron chi connectivity index (χ3n) is 7.87. The fraction of sp³-hybridized carbons (Fsp3) is 0.536. The lowest BCUT2D eigenvalue weighted by atomic mass is 9.84. The lowest BCUT2D eigenvalue weighted by Crippen LogP contribution is -2.58. The molecule has 4 rings (SSSR count). The van der Waals surface area contributed by atoms with E-state index in [0.29, 0.717) is 12.8 Å². The van der Waals surface area contributed by atoms with E-state index in [-0.39, 0.29) is 19.6 Å². The van der Waals surface area contributed by atoms with Crippen LogP contribution in [0.1, 0.15) is 37.3 Å². The molecule has 0 radical (unpaired) electrons. The molecule has 0 bridgehead atoms. The molecule has 232 valence electrons. The largest absolute Gasteiger partial charge is 0.445 e. The van der Waals surface area contributed by atoms with Crippen LogP contribution in [0.4, 0.5) is 4.79 Å². The van der Waals surface area contributed by atoms with Crippen molar-refractivity contribution in [3.05, 3.63) is 103 Å². The van der Waals surface area contributed by atoms with Crippen LogP contribution >= 0.6 is 0 Å². The molecule has 0 aromatic heterocycles. The summed E-state index contributed by atoms with van der Waals surface area (Å²) in [7, 11) is 0. The van der Waals surface area contributed by atoms with Gasteiger partial charge in [-0.05, 0) is 53.9 Å². The van der Waals surface area contributed by atoms with Crippen LogP contribution in [0.25, 0.3) is 31.3 Å². The number of carbonyl (C=O) groups is 1. The van der Waals surface area contributed by atoms with Gasteiger partial charge in [0.05, 0.1) is 42.5 Å². The van der Waals surface area contributed by atoms with Crippen LogP contribution in [-0.2, 0) is 27.4 Å². The maximum atomic E-state index is 13.5. The van der Waals surface area contributed by atoms with E-state index in [0.717, 1.165) is 11.1 Å². The number of nitrogens with zero attached hydrogens (tertiary/aromatic N) is 10. The van der Waals surface area contributed by atoms with E-state index in [4.69, 9.17) is 25.3 Å². The van der Waals surface area contributed by atoms with Gasteiger partial charge in [-0.25, -0.2) is 4.79 Å². The molecule has 44 heavy (non-hydrogen) atoms. The predicted octanol–water partition coefficient (Wildman–Crippen LogP) is 5.27. The zero-order valence-electron chi connectivity index (χ0n) is 24.0. The van der Waals surface area contributed by atoms with Gasteiger partial charge >= 0.3 is 6.09 Å². The van der Waals surface area contributed by atoms with Crippen LogP contribution in [0.3, 0.4) is 0 Å². The van der Waals surface area contributed by atoms with E-state index in [1.165, 1.54) is 0 Å². The monoisotopic (exact) mass is 606 g/mol. The third kappa shape index (κ3) is 8.10. The Balaban J connectivity index is 1.55. The van der Waals surface area contributed by atoms with Gasteiger partial charge in [-0.3, -0.25) is 4.90 Å². The Morgan fingerprint density at radius 1 is 0.909 bits per heavy atom. The number of aliphatic hydroxyl groups is 2. The molecular formula is C28H34N10O6. The van der Waals surface area contributed by atoms with Gasteiger partial charge in [-0.1, -0.05) is 76.0 Å². The average molecular weight is 607 g/mol. The minimum atomic E-state index is -1.61. The zero-order chi connectivity index (χ0) is 31.5. The molecule has 2 fully saturated rings. The molecule has 9 atom stereocenters. The SMILES string of the molecule is C[C@@H]([C@@H]1CC[C@@H](N=[N+]=[N-])[C@@H](O[C@H]2[C@H](O)[C@@H](O)[C@H](N=[N+]=[N-])C[C@@H]2N=[N+]=[N-])O1)N(Cc1ccccc1)C(=O)OCc1ccccc1. The molecule has 16 nitrogen and oxygen atoms in total. The molecule has 1 amide bonds. The Bertz CT molecular complexity index is 1380. The lowest BCUT2D eigenvalue weighted by Gasteiger charge is -2.45. The van der Waals surface area contributed by atoms with Gasteiger partial charge in [0.25, 0.3) is 0 Å². The van der Waals surface area contributed by atoms with Gasteiger partial charge < -0.3 is 24.4 Å². The van der Waals surface area contributed by atoms with E-state index >= 15 is 0 Å². The topological polar surface area (TPSA) is 235 Å². The summed E-state index contributed by atoms with van der Waals surface area (Å²) in [5, 5.41) is 32.4. The molecule has 1 heterocycles. The van der Waals surface area contributed by atoms with Crippen molar-refractivity contribution in [2.24, 2.45) is 15.3 Å². The second kappa shape index (κ2) is 15.8. The maximum Gasteiger partial charge on any atom is 0.410 e. The van der Waals surface area contributed by atoms with E-state index in [1.54, 1.807) is 4.90 Å².